The lowest BCUT2D eigenvalue weighted by Crippen LogP contribution is -2.43. The summed E-state index contributed by atoms with van der Waals surface area (Å²) in [6.07, 6.45) is 1.06. The van der Waals surface area contributed by atoms with Gasteiger partial charge in [-0.15, -0.1) is 0 Å². The van der Waals surface area contributed by atoms with Gasteiger partial charge in [0.05, 0.1) is 19.3 Å². The van der Waals surface area contributed by atoms with Crippen LogP contribution >= 0.6 is 0 Å². The second-order valence-corrected chi connectivity index (χ2v) is 3.96. The van der Waals surface area contributed by atoms with Gasteiger partial charge in [0.1, 0.15) is 5.75 Å². The van der Waals surface area contributed by atoms with Crippen molar-refractivity contribution in [3.63, 3.8) is 0 Å². The number of morpholine rings is 1. The van der Waals surface area contributed by atoms with Gasteiger partial charge in [0.2, 0.25) is 0 Å². The van der Waals surface area contributed by atoms with Crippen molar-refractivity contribution in [2.24, 2.45) is 0 Å². The highest BCUT2D eigenvalue weighted by molar-refractivity contribution is 5.29. The highest BCUT2D eigenvalue weighted by Gasteiger charge is 2.21. The number of nitrogens with one attached hydrogen (secondary N) is 1. The molecular weight excluding hydrogens is 190 g/mol. The number of phenolic OH excluding ortho intramolecular Hbond substituents is 1. The first-order valence-corrected chi connectivity index (χ1v) is 5.42. The third kappa shape index (κ3) is 2.49. The van der Waals surface area contributed by atoms with E-state index in [9.17, 15) is 5.11 Å². The highest BCUT2D eigenvalue weighted by Crippen LogP contribution is 2.21. The molecule has 82 valence electrons. The van der Waals surface area contributed by atoms with Gasteiger partial charge in [-0.3, -0.25) is 0 Å². The molecule has 0 amide bonds. The summed E-state index contributed by atoms with van der Waals surface area (Å²) in [5, 5.41) is 12.9. The molecule has 2 N–H and O–H groups in total. The first-order chi connectivity index (χ1) is 7.29. The molecule has 1 aromatic rings. The molecule has 15 heavy (non-hydrogen) atoms. The largest absolute Gasteiger partial charge is 0.508 e. The summed E-state index contributed by atoms with van der Waals surface area (Å²) < 4.78 is 5.54. The zero-order chi connectivity index (χ0) is 10.7. The minimum absolute atomic E-state index is 0.204. The monoisotopic (exact) mass is 207 g/mol. The molecule has 0 saturated carbocycles. The summed E-state index contributed by atoms with van der Waals surface area (Å²) in [4.78, 5) is 0. The maximum atomic E-state index is 9.40. The normalized spacial score (nSPS) is 26.5. The lowest BCUT2D eigenvalue weighted by molar-refractivity contribution is 0.0440. The molecule has 0 bridgehead atoms. The minimum Gasteiger partial charge on any atom is -0.508 e. The van der Waals surface area contributed by atoms with Gasteiger partial charge in [-0.05, 0) is 24.1 Å². The van der Waals surface area contributed by atoms with Crippen LogP contribution in [0, 0.1) is 0 Å². The molecule has 0 spiro atoms. The molecular formula is C12H17NO2. The Labute approximate surface area is 90.1 Å². The molecule has 3 nitrogen and oxygen atoms in total. The van der Waals surface area contributed by atoms with E-state index in [2.05, 4.69) is 12.2 Å². The third-order valence-electron chi connectivity index (χ3n) is 2.81. The first kappa shape index (κ1) is 10.5. The fourth-order valence-electron chi connectivity index (χ4n) is 1.88. The molecule has 1 fully saturated rings. The third-order valence-corrected chi connectivity index (χ3v) is 2.81. The summed E-state index contributed by atoms with van der Waals surface area (Å²) >= 11 is 0. The van der Waals surface area contributed by atoms with Crippen LogP contribution in [0.3, 0.4) is 0 Å². The number of benzene rings is 1. The van der Waals surface area contributed by atoms with E-state index in [4.69, 9.17) is 4.74 Å². The van der Waals surface area contributed by atoms with Crippen molar-refractivity contribution in [1.29, 1.82) is 0 Å². The Bertz CT molecular complexity index is 327. The molecule has 0 aromatic heterocycles. The van der Waals surface area contributed by atoms with Crippen LogP contribution in [0.1, 0.15) is 24.9 Å². The minimum atomic E-state index is 0.204. The summed E-state index contributed by atoms with van der Waals surface area (Å²) in [5.74, 6) is 0.313. The number of hydrogen-bond acceptors (Lipinski definition) is 3. The number of ether oxygens (including phenoxy) is 1. The number of phenols is 1. The van der Waals surface area contributed by atoms with Crippen LogP contribution < -0.4 is 5.32 Å². The van der Waals surface area contributed by atoms with E-state index in [-0.39, 0.29) is 6.04 Å². The molecule has 1 saturated heterocycles. The van der Waals surface area contributed by atoms with Crippen molar-refractivity contribution in [2.45, 2.75) is 25.4 Å². The van der Waals surface area contributed by atoms with Gasteiger partial charge < -0.3 is 15.2 Å². The molecule has 2 unspecified atom stereocenters. The zero-order valence-corrected chi connectivity index (χ0v) is 8.94. The average Bonchev–Trinajstić information content (AvgIpc) is 2.29. The van der Waals surface area contributed by atoms with Crippen molar-refractivity contribution in [2.75, 3.05) is 13.2 Å². The van der Waals surface area contributed by atoms with E-state index in [1.54, 1.807) is 12.1 Å². The summed E-state index contributed by atoms with van der Waals surface area (Å²) in [7, 11) is 0. The second-order valence-electron chi connectivity index (χ2n) is 3.96. The van der Waals surface area contributed by atoms with E-state index < -0.39 is 0 Å². The molecule has 1 aliphatic rings. The van der Waals surface area contributed by atoms with Crippen LogP contribution in [0.5, 0.6) is 5.75 Å². The predicted octanol–water partition coefficient (Wildman–Crippen LogP) is 1.83. The van der Waals surface area contributed by atoms with Crippen LogP contribution in [-0.4, -0.2) is 24.4 Å². The first-order valence-electron chi connectivity index (χ1n) is 5.42. The topological polar surface area (TPSA) is 41.5 Å². The van der Waals surface area contributed by atoms with Crippen molar-refractivity contribution in [3.05, 3.63) is 29.8 Å². The van der Waals surface area contributed by atoms with Gasteiger partial charge in [-0.2, -0.15) is 0 Å². The van der Waals surface area contributed by atoms with E-state index in [1.807, 2.05) is 12.1 Å². The van der Waals surface area contributed by atoms with Crippen molar-refractivity contribution in [3.8, 4) is 5.75 Å². The van der Waals surface area contributed by atoms with Gasteiger partial charge >= 0.3 is 0 Å². The average molecular weight is 207 g/mol. The predicted molar refractivity (Wildman–Crippen MR) is 58.9 cm³/mol. The summed E-state index contributed by atoms with van der Waals surface area (Å²) in [6, 6.07) is 7.98. The molecule has 3 heteroatoms. The van der Waals surface area contributed by atoms with Gasteiger partial charge in [0.15, 0.2) is 0 Å². The summed E-state index contributed by atoms with van der Waals surface area (Å²) in [6.45, 7) is 3.61. The van der Waals surface area contributed by atoms with Gasteiger partial charge in [0, 0.05) is 6.04 Å². The Kier molecular flexibility index (Phi) is 3.23. The standard InChI is InChI=1S/C12H17NO2/c1-2-10-7-15-8-12(13-10)9-4-3-5-11(14)6-9/h3-6,10,12-14H,2,7-8H2,1H3. The van der Waals surface area contributed by atoms with Crippen LogP contribution in [0.25, 0.3) is 0 Å². The lowest BCUT2D eigenvalue weighted by atomic mass is 10.0. The van der Waals surface area contributed by atoms with E-state index >= 15 is 0 Å². The number of hydrogen-bond donors (Lipinski definition) is 2. The van der Waals surface area contributed by atoms with Crippen molar-refractivity contribution >= 4 is 0 Å². The maximum Gasteiger partial charge on any atom is 0.115 e. The molecule has 1 aliphatic heterocycles. The van der Waals surface area contributed by atoms with E-state index in [0.717, 1.165) is 18.6 Å². The molecule has 2 atom stereocenters. The Morgan fingerprint density at radius 1 is 1.47 bits per heavy atom. The fraction of sp³-hybridized carbons (Fsp3) is 0.500. The molecule has 1 aromatic carbocycles. The van der Waals surface area contributed by atoms with E-state index in [1.165, 1.54) is 0 Å². The highest BCUT2D eigenvalue weighted by atomic mass is 16.5. The second kappa shape index (κ2) is 4.64. The van der Waals surface area contributed by atoms with Crippen LogP contribution in [0.2, 0.25) is 0 Å². The maximum absolute atomic E-state index is 9.40. The molecule has 1 heterocycles. The van der Waals surface area contributed by atoms with Crippen molar-refractivity contribution in [1.82, 2.24) is 5.32 Å². The van der Waals surface area contributed by atoms with Crippen LogP contribution in [0.15, 0.2) is 24.3 Å². The SMILES string of the molecule is CCC1COCC(c2cccc(O)c2)N1. The van der Waals surface area contributed by atoms with Gasteiger partial charge in [-0.1, -0.05) is 19.1 Å². The van der Waals surface area contributed by atoms with Crippen LogP contribution in [-0.2, 0) is 4.74 Å². The van der Waals surface area contributed by atoms with Crippen molar-refractivity contribution < 1.29 is 9.84 Å². The molecule has 2 rings (SSSR count). The fourth-order valence-corrected chi connectivity index (χ4v) is 1.88. The molecule has 0 aliphatic carbocycles. The van der Waals surface area contributed by atoms with E-state index in [0.29, 0.717) is 18.4 Å². The Morgan fingerprint density at radius 2 is 2.33 bits per heavy atom. The smallest absolute Gasteiger partial charge is 0.115 e. The lowest BCUT2D eigenvalue weighted by Gasteiger charge is -2.30. The quantitative estimate of drug-likeness (QED) is 0.777. The van der Waals surface area contributed by atoms with Gasteiger partial charge in [-0.25, -0.2) is 0 Å². The van der Waals surface area contributed by atoms with Gasteiger partial charge in [0.25, 0.3) is 0 Å². The Hall–Kier alpha value is -1.06. The Balaban J connectivity index is 2.09. The summed E-state index contributed by atoms with van der Waals surface area (Å²) in [5.41, 5.74) is 1.09. The molecule has 0 radical (unpaired) electrons. The Morgan fingerprint density at radius 3 is 3.07 bits per heavy atom. The van der Waals surface area contributed by atoms with Crippen LogP contribution in [0.4, 0.5) is 0 Å². The number of aromatic hydroxyl groups is 1. The number of rotatable bonds is 2. The zero-order valence-electron chi connectivity index (χ0n) is 8.94.